The molecule has 5 aliphatic rings. The highest BCUT2D eigenvalue weighted by Crippen LogP contribution is 2.53. The van der Waals surface area contributed by atoms with E-state index in [-0.39, 0.29) is 11.6 Å². The number of thioether (sulfide) groups is 1. The highest BCUT2D eigenvalue weighted by molar-refractivity contribution is 7.99. The zero-order valence-corrected chi connectivity index (χ0v) is 25.3. The summed E-state index contributed by atoms with van der Waals surface area (Å²) in [5.74, 6) is 1.12. The summed E-state index contributed by atoms with van der Waals surface area (Å²) in [6.07, 6.45) is 3.65. The van der Waals surface area contributed by atoms with Crippen LogP contribution in [-0.2, 0) is 0 Å². The van der Waals surface area contributed by atoms with Gasteiger partial charge in [0.05, 0.1) is 27.0 Å². The third-order valence-electron chi connectivity index (χ3n) is 9.39. The number of benzene rings is 2. The molecule has 5 aliphatic heterocycles. The lowest BCUT2D eigenvalue weighted by Gasteiger charge is -2.47. The van der Waals surface area contributed by atoms with Crippen LogP contribution >= 0.6 is 34.7 Å². The molecule has 8 nitrogen and oxygen atoms in total. The van der Waals surface area contributed by atoms with Crippen molar-refractivity contribution in [2.24, 2.45) is 4.99 Å². The number of piperazine rings is 1. The number of nitrogens with zero attached hydrogens (tertiary/aromatic N) is 5. The maximum Gasteiger partial charge on any atom is 0.228 e. The summed E-state index contributed by atoms with van der Waals surface area (Å²) >= 11 is 10.00. The number of nitrogens with one attached hydrogen (secondary N) is 1. The molecule has 0 amide bonds. The Hall–Kier alpha value is -2.59. The molecule has 0 saturated carbocycles. The van der Waals surface area contributed by atoms with Crippen LogP contribution in [0, 0.1) is 17.1 Å². The second kappa shape index (κ2) is 10.3. The molecule has 3 aromatic rings. The third-order valence-corrected chi connectivity index (χ3v) is 12.0. The number of nitrogens with two attached hydrogens (primary N) is 1. The van der Waals surface area contributed by atoms with Crippen molar-refractivity contribution in [3.05, 3.63) is 40.2 Å². The van der Waals surface area contributed by atoms with Gasteiger partial charge in [-0.25, -0.2) is 9.38 Å². The van der Waals surface area contributed by atoms with E-state index in [0.29, 0.717) is 37.8 Å². The van der Waals surface area contributed by atoms with Gasteiger partial charge in [0, 0.05) is 58.9 Å². The molecule has 4 atom stereocenters. The van der Waals surface area contributed by atoms with Crippen molar-refractivity contribution in [1.82, 2.24) is 15.1 Å². The van der Waals surface area contributed by atoms with E-state index in [4.69, 9.17) is 22.3 Å². The number of aliphatic imine (C=N–C) groups is 1. The average Bonchev–Trinajstić information content (AvgIpc) is 3.70. The number of amidine groups is 1. The smallest absolute Gasteiger partial charge is 0.228 e. The number of hydrogen-bond acceptors (Lipinski definition) is 10. The molecule has 2 bridgehead atoms. The van der Waals surface area contributed by atoms with Crippen LogP contribution in [0.4, 0.5) is 15.1 Å². The highest BCUT2D eigenvalue weighted by Gasteiger charge is 2.43. The van der Waals surface area contributed by atoms with Crippen LogP contribution in [0.3, 0.4) is 0 Å². The van der Waals surface area contributed by atoms with Crippen molar-refractivity contribution in [3.8, 4) is 17.2 Å². The van der Waals surface area contributed by atoms with Gasteiger partial charge in [-0.15, -0.1) is 23.1 Å². The molecule has 0 aliphatic carbocycles. The number of nitrogen functional groups attached to an aromatic ring is 1. The topological polar surface area (TPSA) is 104 Å². The van der Waals surface area contributed by atoms with E-state index in [2.05, 4.69) is 26.1 Å². The van der Waals surface area contributed by atoms with E-state index in [1.165, 1.54) is 18.9 Å². The van der Waals surface area contributed by atoms with Gasteiger partial charge in [0.25, 0.3) is 0 Å². The van der Waals surface area contributed by atoms with Gasteiger partial charge in [-0.3, -0.25) is 0 Å². The fourth-order valence-corrected chi connectivity index (χ4v) is 10.2. The molecule has 12 heteroatoms. The number of aliphatic hydroxyl groups is 1. The van der Waals surface area contributed by atoms with Gasteiger partial charge in [-0.05, 0) is 56.5 Å². The molecular formula is C30H31ClFN7OS2. The third kappa shape index (κ3) is 4.14. The zero-order chi connectivity index (χ0) is 28.7. The number of rotatable bonds is 3. The average molecular weight is 624 g/mol. The quantitative estimate of drug-likeness (QED) is 0.387. The lowest BCUT2D eigenvalue weighted by molar-refractivity contribution is 0.154. The van der Waals surface area contributed by atoms with Crippen LogP contribution in [0.25, 0.3) is 21.2 Å². The fourth-order valence-electron chi connectivity index (χ4n) is 7.56. The number of halogens is 2. The number of nitriles is 1. The summed E-state index contributed by atoms with van der Waals surface area (Å²) in [5, 5.41) is 26.7. The van der Waals surface area contributed by atoms with E-state index in [1.807, 2.05) is 6.07 Å². The van der Waals surface area contributed by atoms with E-state index < -0.39 is 12.2 Å². The van der Waals surface area contributed by atoms with Crippen LogP contribution in [0.1, 0.15) is 36.8 Å². The number of aliphatic hydroxyl groups excluding tert-OH is 1. The summed E-state index contributed by atoms with van der Waals surface area (Å²) < 4.78 is 15.4. The van der Waals surface area contributed by atoms with Crippen LogP contribution in [0.15, 0.2) is 28.1 Å². The molecule has 0 spiro atoms. The van der Waals surface area contributed by atoms with Gasteiger partial charge in [0.15, 0.2) is 0 Å². The van der Waals surface area contributed by atoms with Crippen LogP contribution < -0.4 is 16.0 Å². The molecule has 3 saturated heterocycles. The Kier molecular flexibility index (Phi) is 6.59. The minimum Gasteiger partial charge on any atom is -0.389 e. The molecule has 3 unspecified atom stereocenters. The van der Waals surface area contributed by atoms with E-state index in [1.54, 1.807) is 17.8 Å². The van der Waals surface area contributed by atoms with Gasteiger partial charge in [-0.1, -0.05) is 17.7 Å². The molecule has 0 radical (unpaired) electrons. The monoisotopic (exact) mass is 623 g/mol. The first kappa shape index (κ1) is 27.0. The van der Waals surface area contributed by atoms with Crippen LogP contribution in [-0.4, -0.2) is 83.7 Å². The van der Waals surface area contributed by atoms with Gasteiger partial charge >= 0.3 is 0 Å². The molecular weight excluding hydrogens is 593 g/mol. The van der Waals surface area contributed by atoms with E-state index in [0.717, 1.165) is 90.2 Å². The van der Waals surface area contributed by atoms with Crippen molar-refractivity contribution >= 4 is 61.3 Å². The number of anilines is 2. The maximum atomic E-state index is 15.0. The first-order valence-corrected chi connectivity index (χ1v) is 16.8. The number of thiophene rings is 1. The zero-order valence-electron chi connectivity index (χ0n) is 22.9. The SMILES string of the molecule is N#Cc1c(N)sc2c(F)ccc(-c3c(Cl)cc4c5c3SC[C@H](CN3CCCC3)N5C(O)N=C4N3CC4CCC(C3)N4)c12. The summed E-state index contributed by atoms with van der Waals surface area (Å²) in [5.41, 5.74) is 9.75. The van der Waals surface area contributed by atoms with E-state index in [9.17, 15) is 14.8 Å². The maximum absolute atomic E-state index is 15.0. The van der Waals surface area contributed by atoms with Crippen LogP contribution in [0.2, 0.25) is 5.02 Å². The Labute approximate surface area is 256 Å². The predicted octanol–water partition coefficient (Wildman–Crippen LogP) is 4.66. The Morgan fingerprint density at radius 2 is 1.95 bits per heavy atom. The van der Waals surface area contributed by atoms with Crippen molar-refractivity contribution in [1.29, 1.82) is 5.26 Å². The van der Waals surface area contributed by atoms with Crippen molar-refractivity contribution in [3.63, 3.8) is 0 Å². The highest BCUT2D eigenvalue weighted by atomic mass is 35.5. The lowest BCUT2D eigenvalue weighted by Crippen LogP contribution is -2.57. The Morgan fingerprint density at radius 3 is 2.69 bits per heavy atom. The van der Waals surface area contributed by atoms with Gasteiger partial charge in [-0.2, -0.15) is 5.26 Å². The molecule has 2 aromatic carbocycles. The summed E-state index contributed by atoms with van der Waals surface area (Å²) in [7, 11) is 0. The molecule has 8 rings (SSSR count). The van der Waals surface area contributed by atoms with E-state index >= 15 is 0 Å². The molecule has 6 heterocycles. The summed E-state index contributed by atoms with van der Waals surface area (Å²) in [4.78, 5) is 12.7. The van der Waals surface area contributed by atoms with Gasteiger partial charge < -0.3 is 30.9 Å². The first-order valence-electron chi connectivity index (χ1n) is 14.6. The fraction of sp³-hybridized carbons (Fsp3) is 0.467. The van der Waals surface area contributed by atoms with Gasteiger partial charge in [0.2, 0.25) is 6.35 Å². The predicted molar refractivity (Wildman–Crippen MR) is 168 cm³/mol. The molecule has 1 aromatic heterocycles. The van der Waals surface area contributed by atoms with Crippen molar-refractivity contribution in [2.75, 3.05) is 49.1 Å². The van der Waals surface area contributed by atoms with Gasteiger partial charge in [0.1, 0.15) is 22.7 Å². The minimum absolute atomic E-state index is 0.0626. The second-order valence-electron chi connectivity index (χ2n) is 11.9. The normalized spacial score (nSPS) is 27.0. The number of likely N-dealkylation sites (tertiary alicyclic amines) is 2. The van der Waals surface area contributed by atoms with Crippen LogP contribution in [0.5, 0.6) is 0 Å². The largest absolute Gasteiger partial charge is 0.389 e. The summed E-state index contributed by atoms with van der Waals surface area (Å²) in [6, 6.07) is 8.18. The first-order chi connectivity index (χ1) is 20.4. The minimum atomic E-state index is -1.03. The molecule has 4 N–H and O–H groups in total. The number of hydrogen-bond donors (Lipinski definition) is 3. The lowest BCUT2D eigenvalue weighted by atomic mass is 9.94. The standard InChI is InChI=1S/C30H31ClFN7OS2/c31-21-9-19-25-27(24(21)18-5-6-22(32)26-23(18)20(10-33)28(34)42-26)41-14-17(13-37-7-1-2-8-37)39(25)30(40)36-29(19)38-11-15-3-4-16(12-38)35-15/h5-6,9,15-17,30,35,40H,1-4,7-8,11-14,34H2/t15?,16?,17-,30?/m0/s1. The van der Waals surface area contributed by atoms with Crippen molar-refractivity contribution < 1.29 is 9.50 Å². The summed E-state index contributed by atoms with van der Waals surface area (Å²) in [6.45, 7) is 4.65. The van der Waals surface area contributed by atoms with Crippen molar-refractivity contribution in [2.45, 2.75) is 55.1 Å². The second-order valence-corrected chi connectivity index (χ2v) is 14.4. The number of fused-ring (bicyclic) bond motifs is 3. The Morgan fingerprint density at radius 1 is 1.19 bits per heavy atom. The molecule has 3 fully saturated rings. The Bertz CT molecular complexity index is 1670. The molecule has 42 heavy (non-hydrogen) atoms. The Balaban J connectivity index is 1.33. The molecule has 218 valence electrons.